The van der Waals surface area contributed by atoms with Crippen LogP contribution in [0, 0.1) is 5.92 Å². The first-order valence-electron chi connectivity index (χ1n) is 8.41. The van der Waals surface area contributed by atoms with Crippen LogP contribution in [-0.2, 0) is 6.54 Å². The summed E-state index contributed by atoms with van der Waals surface area (Å²) in [7, 11) is 3.91. The molecule has 1 aromatic rings. The van der Waals surface area contributed by atoms with Gasteiger partial charge in [-0.05, 0) is 36.9 Å². The second-order valence-corrected chi connectivity index (χ2v) is 6.58. The summed E-state index contributed by atoms with van der Waals surface area (Å²) >= 11 is 0. The van der Waals surface area contributed by atoms with E-state index in [0.717, 1.165) is 36.9 Å². The quantitative estimate of drug-likeness (QED) is 0.837. The highest BCUT2D eigenvalue weighted by molar-refractivity contribution is 5.73. The number of aromatic nitrogens is 1. The molecule has 0 aromatic carbocycles. The molecule has 0 spiro atoms. The normalized spacial score (nSPS) is 18.5. The standard InChI is InChI=1S/C17H29N5O/c1-14-5-4-9-22(13-14)10-8-18-17(23)20-12-15-6-7-16(19-11-15)21(2)3/h6-7,11,14H,4-5,8-10,12-13H2,1-3H3,(H2,18,20,23). The third-order valence-corrected chi connectivity index (χ3v) is 4.18. The maximum atomic E-state index is 11.8. The van der Waals surface area contributed by atoms with Crippen molar-refractivity contribution in [2.75, 3.05) is 45.2 Å². The Morgan fingerprint density at radius 2 is 2.22 bits per heavy atom. The van der Waals surface area contributed by atoms with Gasteiger partial charge < -0.3 is 20.4 Å². The number of piperidine rings is 1. The molecule has 1 aliphatic heterocycles. The Kier molecular flexibility index (Phi) is 6.65. The highest BCUT2D eigenvalue weighted by Crippen LogP contribution is 2.14. The molecular weight excluding hydrogens is 290 g/mol. The van der Waals surface area contributed by atoms with Gasteiger partial charge in [0.15, 0.2) is 0 Å². The predicted octanol–water partition coefficient (Wildman–Crippen LogP) is 1.68. The second kappa shape index (κ2) is 8.72. The van der Waals surface area contributed by atoms with Gasteiger partial charge in [0, 0.05) is 46.5 Å². The highest BCUT2D eigenvalue weighted by atomic mass is 16.2. The zero-order chi connectivity index (χ0) is 16.7. The fraction of sp³-hybridized carbons (Fsp3) is 0.647. The van der Waals surface area contributed by atoms with Crippen molar-refractivity contribution in [3.63, 3.8) is 0 Å². The van der Waals surface area contributed by atoms with Crippen LogP contribution in [0.5, 0.6) is 0 Å². The summed E-state index contributed by atoms with van der Waals surface area (Å²) in [6.07, 6.45) is 4.39. The number of hydrogen-bond donors (Lipinski definition) is 2. The van der Waals surface area contributed by atoms with Crippen molar-refractivity contribution in [2.24, 2.45) is 5.92 Å². The second-order valence-electron chi connectivity index (χ2n) is 6.58. The molecule has 2 heterocycles. The molecular formula is C17H29N5O. The monoisotopic (exact) mass is 319 g/mol. The van der Waals surface area contributed by atoms with Gasteiger partial charge in [0.25, 0.3) is 0 Å². The third-order valence-electron chi connectivity index (χ3n) is 4.18. The van der Waals surface area contributed by atoms with E-state index in [4.69, 9.17) is 0 Å². The first-order chi connectivity index (χ1) is 11.0. The van der Waals surface area contributed by atoms with Crippen LogP contribution in [0.15, 0.2) is 18.3 Å². The molecule has 1 fully saturated rings. The molecule has 1 saturated heterocycles. The average molecular weight is 319 g/mol. The number of likely N-dealkylation sites (tertiary alicyclic amines) is 1. The van der Waals surface area contributed by atoms with E-state index < -0.39 is 0 Å². The molecule has 6 nitrogen and oxygen atoms in total. The van der Waals surface area contributed by atoms with Gasteiger partial charge in [0.1, 0.15) is 5.82 Å². The van der Waals surface area contributed by atoms with Crippen LogP contribution in [0.25, 0.3) is 0 Å². The molecule has 1 aromatic heterocycles. The van der Waals surface area contributed by atoms with E-state index in [1.807, 2.05) is 31.1 Å². The molecule has 1 aliphatic rings. The molecule has 2 amide bonds. The van der Waals surface area contributed by atoms with Crippen molar-refractivity contribution in [2.45, 2.75) is 26.3 Å². The van der Waals surface area contributed by atoms with E-state index in [-0.39, 0.29) is 6.03 Å². The van der Waals surface area contributed by atoms with E-state index in [1.54, 1.807) is 6.20 Å². The topological polar surface area (TPSA) is 60.5 Å². The number of nitrogens with one attached hydrogen (secondary N) is 2. The lowest BCUT2D eigenvalue weighted by atomic mass is 10.0. The smallest absolute Gasteiger partial charge is 0.315 e. The van der Waals surface area contributed by atoms with E-state index in [0.29, 0.717) is 13.1 Å². The zero-order valence-electron chi connectivity index (χ0n) is 14.5. The van der Waals surface area contributed by atoms with Crippen LogP contribution in [0.3, 0.4) is 0 Å². The molecule has 23 heavy (non-hydrogen) atoms. The Bertz CT molecular complexity index is 488. The number of rotatable bonds is 6. The van der Waals surface area contributed by atoms with Crippen molar-refractivity contribution < 1.29 is 4.79 Å². The molecule has 1 atom stereocenters. The van der Waals surface area contributed by atoms with E-state index >= 15 is 0 Å². The summed E-state index contributed by atoms with van der Waals surface area (Å²) in [6, 6.07) is 3.82. The van der Waals surface area contributed by atoms with Crippen LogP contribution < -0.4 is 15.5 Å². The summed E-state index contributed by atoms with van der Waals surface area (Å²) in [5.74, 6) is 1.68. The first-order valence-corrected chi connectivity index (χ1v) is 8.41. The van der Waals surface area contributed by atoms with Crippen molar-refractivity contribution in [1.29, 1.82) is 0 Å². The Morgan fingerprint density at radius 3 is 2.87 bits per heavy atom. The average Bonchev–Trinajstić information content (AvgIpc) is 2.53. The van der Waals surface area contributed by atoms with Gasteiger partial charge in [0.05, 0.1) is 0 Å². The highest BCUT2D eigenvalue weighted by Gasteiger charge is 2.15. The molecule has 6 heteroatoms. The van der Waals surface area contributed by atoms with Crippen LogP contribution in [0.2, 0.25) is 0 Å². The summed E-state index contributed by atoms with van der Waals surface area (Å²) in [5.41, 5.74) is 0.996. The van der Waals surface area contributed by atoms with E-state index in [1.165, 1.54) is 12.8 Å². The fourth-order valence-corrected chi connectivity index (χ4v) is 2.85. The van der Waals surface area contributed by atoms with Gasteiger partial charge in [-0.2, -0.15) is 0 Å². The van der Waals surface area contributed by atoms with Crippen LogP contribution in [-0.4, -0.2) is 56.2 Å². The predicted molar refractivity (Wildman–Crippen MR) is 93.6 cm³/mol. The number of anilines is 1. The lowest BCUT2D eigenvalue weighted by Gasteiger charge is -2.30. The molecule has 1 unspecified atom stereocenters. The molecule has 0 bridgehead atoms. The van der Waals surface area contributed by atoms with Gasteiger partial charge in [-0.3, -0.25) is 0 Å². The lowest BCUT2D eigenvalue weighted by Crippen LogP contribution is -2.42. The maximum absolute atomic E-state index is 11.8. The third kappa shape index (κ3) is 6.06. The lowest BCUT2D eigenvalue weighted by molar-refractivity contribution is 0.184. The van der Waals surface area contributed by atoms with Crippen molar-refractivity contribution in [3.05, 3.63) is 23.9 Å². The van der Waals surface area contributed by atoms with E-state index in [2.05, 4.69) is 27.4 Å². The SMILES string of the molecule is CC1CCCN(CCNC(=O)NCc2ccc(N(C)C)nc2)C1. The number of carbonyl (C=O) groups is 1. The number of pyridine rings is 1. The Hall–Kier alpha value is -1.82. The Morgan fingerprint density at radius 1 is 1.39 bits per heavy atom. The summed E-state index contributed by atoms with van der Waals surface area (Å²) in [6.45, 7) is 6.70. The minimum Gasteiger partial charge on any atom is -0.363 e. The molecule has 128 valence electrons. The summed E-state index contributed by atoms with van der Waals surface area (Å²) < 4.78 is 0. The molecule has 0 aliphatic carbocycles. The zero-order valence-corrected chi connectivity index (χ0v) is 14.5. The van der Waals surface area contributed by atoms with Crippen LogP contribution in [0.4, 0.5) is 10.6 Å². The molecule has 2 N–H and O–H groups in total. The van der Waals surface area contributed by atoms with Crippen molar-refractivity contribution in [1.82, 2.24) is 20.5 Å². The van der Waals surface area contributed by atoms with Gasteiger partial charge in [-0.15, -0.1) is 0 Å². The van der Waals surface area contributed by atoms with Gasteiger partial charge >= 0.3 is 6.03 Å². The Balaban J connectivity index is 1.63. The minimum absolute atomic E-state index is 0.119. The van der Waals surface area contributed by atoms with Crippen molar-refractivity contribution in [3.8, 4) is 0 Å². The number of urea groups is 1. The summed E-state index contributed by atoms with van der Waals surface area (Å²) in [5, 5.41) is 5.80. The largest absolute Gasteiger partial charge is 0.363 e. The summed E-state index contributed by atoms with van der Waals surface area (Å²) in [4.78, 5) is 20.5. The van der Waals surface area contributed by atoms with Gasteiger partial charge in [-0.1, -0.05) is 13.0 Å². The maximum Gasteiger partial charge on any atom is 0.315 e. The van der Waals surface area contributed by atoms with Crippen LogP contribution in [0.1, 0.15) is 25.3 Å². The first kappa shape index (κ1) is 17.5. The fourth-order valence-electron chi connectivity index (χ4n) is 2.85. The number of amides is 2. The van der Waals surface area contributed by atoms with Crippen LogP contribution >= 0.6 is 0 Å². The molecule has 0 saturated carbocycles. The van der Waals surface area contributed by atoms with Gasteiger partial charge in [-0.25, -0.2) is 9.78 Å². The molecule has 2 rings (SSSR count). The van der Waals surface area contributed by atoms with E-state index in [9.17, 15) is 4.79 Å². The minimum atomic E-state index is -0.119. The number of nitrogens with zero attached hydrogens (tertiary/aromatic N) is 3. The number of carbonyl (C=O) groups excluding carboxylic acids is 1. The molecule has 0 radical (unpaired) electrons. The van der Waals surface area contributed by atoms with Gasteiger partial charge in [0.2, 0.25) is 0 Å². The van der Waals surface area contributed by atoms with Crippen molar-refractivity contribution >= 4 is 11.8 Å². The number of hydrogen-bond acceptors (Lipinski definition) is 4. The Labute approximate surface area is 139 Å².